The predicted octanol–water partition coefficient (Wildman–Crippen LogP) is 3.93. The van der Waals surface area contributed by atoms with Gasteiger partial charge in [0.25, 0.3) is 5.91 Å². The molecule has 5 heteroatoms. The van der Waals surface area contributed by atoms with Crippen LogP contribution >= 0.6 is 0 Å². The first-order chi connectivity index (χ1) is 12.2. The molecule has 0 saturated heterocycles. The molecule has 2 aromatic heterocycles. The van der Waals surface area contributed by atoms with Gasteiger partial charge in [-0.1, -0.05) is 18.2 Å². The van der Waals surface area contributed by atoms with E-state index in [0.29, 0.717) is 12.3 Å². The second kappa shape index (κ2) is 7.66. The molecule has 5 nitrogen and oxygen atoms in total. The molecule has 1 amide bonds. The number of amides is 1. The van der Waals surface area contributed by atoms with Crippen LogP contribution in [0.5, 0.6) is 5.75 Å². The van der Waals surface area contributed by atoms with Crippen molar-refractivity contribution in [2.24, 2.45) is 0 Å². The molecule has 1 atom stereocenters. The molecular formula is C20H20N2O3. The van der Waals surface area contributed by atoms with Gasteiger partial charge in [0.1, 0.15) is 5.75 Å². The summed E-state index contributed by atoms with van der Waals surface area (Å²) in [6.45, 7) is 2.48. The summed E-state index contributed by atoms with van der Waals surface area (Å²) in [4.78, 5) is 18.9. The minimum atomic E-state index is -0.262. The highest BCUT2D eigenvalue weighted by Crippen LogP contribution is 2.30. The van der Waals surface area contributed by atoms with Gasteiger partial charge in [-0.2, -0.15) is 0 Å². The molecule has 0 aliphatic rings. The van der Waals surface area contributed by atoms with Crippen molar-refractivity contribution in [3.63, 3.8) is 0 Å². The minimum absolute atomic E-state index is 0.155. The van der Waals surface area contributed by atoms with Gasteiger partial charge >= 0.3 is 0 Å². The number of hydrogen-bond donors (Lipinski definition) is 0. The maximum absolute atomic E-state index is 12.9. The van der Waals surface area contributed by atoms with E-state index in [9.17, 15) is 4.79 Å². The molecule has 0 bridgehead atoms. The van der Waals surface area contributed by atoms with E-state index in [2.05, 4.69) is 4.98 Å². The number of pyridine rings is 1. The summed E-state index contributed by atoms with van der Waals surface area (Å²) in [5, 5.41) is 0. The Balaban J connectivity index is 2.04. The molecule has 1 aromatic carbocycles. The van der Waals surface area contributed by atoms with Crippen molar-refractivity contribution < 1.29 is 13.9 Å². The zero-order chi connectivity index (χ0) is 17.6. The van der Waals surface area contributed by atoms with Crippen molar-refractivity contribution >= 4 is 5.91 Å². The van der Waals surface area contributed by atoms with E-state index in [1.807, 2.05) is 43.3 Å². The third kappa shape index (κ3) is 3.55. The lowest BCUT2D eigenvalue weighted by atomic mass is 9.98. The van der Waals surface area contributed by atoms with Crippen molar-refractivity contribution in [2.45, 2.75) is 13.0 Å². The first-order valence-electron chi connectivity index (χ1n) is 8.13. The molecule has 0 saturated carbocycles. The SMILES string of the molecule is CCN(C(=O)c1ccco1)[C@H](c1ccc(OC)cc1)c1cccnc1. The van der Waals surface area contributed by atoms with E-state index >= 15 is 0 Å². The smallest absolute Gasteiger partial charge is 0.290 e. The van der Waals surface area contributed by atoms with Crippen LogP contribution in [0.1, 0.15) is 34.6 Å². The number of methoxy groups -OCH3 is 1. The van der Waals surface area contributed by atoms with E-state index in [1.54, 1.807) is 36.5 Å². The number of benzene rings is 1. The van der Waals surface area contributed by atoms with Crippen LogP contribution in [-0.2, 0) is 0 Å². The quantitative estimate of drug-likeness (QED) is 0.684. The van der Waals surface area contributed by atoms with Crippen molar-refractivity contribution in [3.8, 4) is 5.75 Å². The van der Waals surface area contributed by atoms with Gasteiger partial charge < -0.3 is 14.1 Å². The van der Waals surface area contributed by atoms with Crippen LogP contribution < -0.4 is 4.74 Å². The summed E-state index contributed by atoms with van der Waals surface area (Å²) >= 11 is 0. The molecule has 3 rings (SSSR count). The lowest BCUT2D eigenvalue weighted by Crippen LogP contribution is -2.35. The summed E-state index contributed by atoms with van der Waals surface area (Å²) < 4.78 is 10.5. The highest BCUT2D eigenvalue weighted by molar-refractivity contribution is 5.92. The van der Waals surface area contributed by atoms with Crippen LogP contribution in [0.4, 0.5) is 0 Å². The number of carbonyl (C=O) groups is 1. The van der Waals surface area contributed by atoms with Crippen LogP contribution in [0.25, 0.3) is 0 Å². The first-order valence-corrected chi connectivity index (χ1v) is 8.13. The average Bonchev–Trinajstić information content (AvgIpc) is 3.21. The van der Waals surface area contributed by atoms with Crippen LogP contribution in [0.15, 0.2) is 71.6 Å². The molecule has 0 radical (unpaired) electrons. The number of ether oxygens (including phenoxy) is 1. The van der Waals surface area contributed by atoms with Crippen molar-refractivity contribution in [2.75, 3.05) is 13.7 Å². The Labute approximate surface area is 146 Å². The van der Waals surface area contributed by atoms with Gasteiger partial charge in [0, 0.05) is 18.9 Å². The van der Waals surface area contributed by atoms with Gasteiger partial charge in [-0.3, -0.25) is 9.78 Å². The van der Waals surface area contributed by atoms with Crippen LogP contribution in [0.2, 0.25) is 0 Å². The Bertz CT molecular complexity index is 799. The topological polar surface area (TPSA) is 55.6 Å². The van der Waals surface area contributed by atoms with Gasteiger partial charge in [0.15, 0.2) is 5.76 Å². The number of aromatic nitrogens is 1. The normalized spacial score (nSPS) is 11.8. The van der Waals surface area contributed by atoms with Crippen LogP contribution in [0, 0.1) is 0 Å². The number of furan rings is 1. The van der Waals surface area contributed by atoms with E-state index in [1.165, 1.54) is 6.26 Å². The van der Waals surface area contributed by atoms with Gasteiger partial charge in [-0.05, 0) is 48.4 Å². The molecule has 25 heavy (non-hydrogen) atoms. The standard InChI is InChI=1S/C20H20N2O3/c1-3-22(20(23)18-7-5-13-25-18)19(16-6-4-12-21-14-16)15-8-10-17(24-2)11-9-15/h4-14,19H,3H2,1-2H3/t19-/m1/s1. The van der Waals surface area contributed by atoms with Gasteiger partial charge in [-0.15, -0.1) is 0 Å². The summed E-state index contributed by atoms with van der Waals surface area (Å²) in [7, 11) is 1.63. The lowest BCUT2D eigenvalue weighted by Gasteiger charge is -2.31. The largest absolute Gasteiger partial charge is 0.497 e. The summed E-state index contributed by atoms with van der Waals surface area (Å²) in [6, 6.07) is 14.7. The van der Waals surface area contributed by atoms with E-state index in [4.69, 9.17) is 9.15 Å². The Morgan fingerprint density at radius 3 is 2.52 bits per heavy atom. The van der Waals surface area contributed by atoms with E-state index < -0.39 is 0 Å². The number of rotatable bonds is 6. The van der Waals surface area contributed by atoms with Gasteiger partial charge in [0.05, 0.1) is 19.4 Å². The lowest BCUT2D eigenvalue weighted by molar-refractivity contribution is 0.0684. The Morgan fingerprint density at radius 1 is 1.16 bits per heavy atom. The van der Waals surface area contributed by atoms with E-state index in [-0.39, 0.29) is 11.9 Å². The maximum atomic E-state index is 12.9. The summed E-state index contributed by atoms with van der Waals surface area (Å²) in [5.74, 6) is 0.940. The number of nitrogens with zero attached hydrogens (tertiary/aromatic N) is 2. The fraction of sp³-hybridized carbons (Fsp3) is 0.200. The van der Waals surface area contributed by atoms with E-state index in [0.717, 1.165) is 16.9 Å². The minimum Gasteiger partial charge on any atom is -0.497 e. The monoisotopic (exact) mass is 336 g/mol. The highest BCUT2D eigenvalue weighted by Gasteiger charge is 2.28. The zero-order valence-electron chi connectivity index (χ0n) is 14.3. The molecule has 2 heterocycles. The zero-order valence-corrected chi connectivity index (χ0v) is 14.3. The number of hydrogen-bond acceptors (Lipinski definition) is 4. The molecule has 0 aliphatic heterocycles. The Kier molecular flexibility index (Phi) is 5.14. The molecule has 0 spiro atoms. The van der Waals surface area contributed by atoms with Gasteiger partial charge in [0.2, 0.25) is 0 Å². The average molecular weight is 336 g/mol. The second-order valence-corrected chi connectivity index (χ2v) is 5.53. The molecule has 0 unspecified atom stereocenters. The third-order valence-electron chi connectivity index (χ3n) is 4.08. The highest BCUT2D eigenvalue weighted by atomic mass is 16.5. The Hall–Kier alpha value is -3.08. The predicted molar refractivity (Wildman–Crippen MR) is 94.5 cm³/mol. The summed E-state index contributed by atoms with van der Waals surface area (Å²) in [5.41, 5.74) is 1.92. The fourth-order valence-electron chi connectivity index (χ4n) is 2.86. The maximum Gasteiger partial charge on any atom is 0.290 e. The second-order valence-electron chi connectivity index (χ2n) is 5.53. The fourth-order valence-corrected chi connectivity index (χ4v) is 2.86. The molecule has 0 aliphatic carbocycles. The molecule has 3 aromatic rings. The van der Waals surface area contributed by atoms with Crippen molar-refractivity contribution in [1.29, 1.82) is 0 Å². The van der Waals surface area contributed by atoms with Crippen LogP contribution in [0.3, 0.4) is 0 Å². The Morgan fingerprint density at radius 2 is 1.96 bits per heavy atom. The first kappa shape index (κ1) is 16.8. The van der Waals surface area contributed by atoms with Gasteiger partial charge in [-0.25, -0.2) is 0 Å². The van der Waals surface area contributed by atoms with Crippen LogP contribution in [-0.4, -0.2) is 29.4 Å². The summed E-state index contributed by atoms with van der Waals surface area (Å²) in [6.07, 6.45) is 5.01. The molecular weight excluding hydrogens is 316 g/mol. The molecule has 128 valence electrons. The number of carbonyl (C=O) groups excluding carboxylic acids is 1. The molecule has 0 N–H and O–H groups in total. The van der Waals surface area contributed by atoms with Crippen molar-refractivity contribution in [3.05, 3.63) is 84.1 Å². The van der Waals surface area contributed by atoms with Crippen molar-refractivity contribution in [1.82, 2.24) is 9.88 Å². The molecule has 0 fully saturated rings. The third-order valence-corrected chi connectivity index (χ3v) is 4.08.